The van der Waals surface area contributed by atoms with Gasteiger partial charge in [-0.05, 0) is 22.0 Å². The zero-order valence-corrected chi connectivity index (χ0v) is 9.64. The summed E-state index contributed by atoms with van der Waals surface area (Å²) in [7, 11) is 1.61. The van der Waals surface area contributed by atoms with Gasteiger partial charge >= 0.3 is 6.18 Å². The molecule has 0 aliphatic heterocycles. The Kier molecular flexibility index (Phi) is 3.96. The first-order chi connectivity index (χ1) is 6.88. The molecule has 0 N–H and O–H groups in total. The van der Waals surface area contributed by atoms with Crippen LogP contribution >= 0.6 is 15.9 Å². The van der Waals surface area contributed by atoms with Gasteiger partial charge in [-0.2, -0.15) is 13.2 Å². The highest BCUT2D eigenvalue weighted by molar-refractivity contribution is 9.10. The molecule has 0 amide bonds. The van der Waals surface area contributed by atoms with Crippen LogP contribution in [0.1, 0.15) is 6.42 Å². The minimum absolute atomic E-state index is 0.0678. The Morgan fingerprint density at radius 3 is 2.60 bits per heavy atom. The van der Waals surface area contributed by atoms with Crippen molar-refractivity contribution in [1.82, 2.24) is 4.98 Å². The Morgan fingerprint density at radius 2 is 2.07 bits per heavy atom. The van der Waals surface area contributed by atoms with E-state index >= 15 is 0 Å². The van der Waals surface area contributed by atoms with Crippen LogP contribution in [0, 0.1) is 0 Å². The van der Waals surface area contributed by atoms with Crippen molar-refractivity contribution in [2.45, 2.75) is 12.6 Å². The van der Waals surface area contributed by atoms with Crippen molar-refractivity contribution in [2.24, 2.45) is 0 Å². The fourth-order valence-corrected chi connectivity index (χ4v) is 1.39. The largest absolute Gasteiger partial charge is 0.390 e. The minimum Gasteiger partial charge on any atom is -0.373 e. The van der Waals surface area contributed by atoms with Crippen molar-refractivity contribution < 1.29 is 13.2 Å². The Balaban J connectivity index is 2.58. The smallest absolute Gasteiger partial charge is 0.373 e. The number of aromatic nitrogens is 1. The summed E-state index contributed by atoms with van der Waals surface area (Å²) in [5.74, 6) is 0. The lowest BCUT2D eigenvalue weighted by Gasteiger charge is -2.19. The zero-order valence-electron chi connectivity index (χ0n) is 8.05. The van der Waals surface area contributed by atoms with Gasteiger partial charge in [0.05, 0.1) is 18.3 Å². The standard InChI is InChI=1S/C9H10BrF3N2/c1-15(3-2-9(11,12)13)8-4-7(10)5-14-6-8/h4-6H,2-3H2,1H3. The molecule has 1 rings (SSSR count). The molecule has 0 aliphatic rings. The summed E-state index contributed by atoms with van der Waals surface area (Å²) in [5, 5.41) is 0. The van der Waals surface area contributed by atoms with Crippen LogP contribution in [0.15, 0.2) is 22.9 Å². The maximum absolute atomic E-state index is 12.0. The molecule has 84 valence electrons. The average Bonchev–Trinajstić information content (AvgIpc) is 2.13. The van der Waals surface area contributed by atoms with Crippen molar-refractivity contribution >= 4 is 21.6 Å². The maximum Gasteiger partial charge on any atom is 0.390 e. The van der Waals surface area contributed by atoms with Crippen molar-refractivity contribution in [3.8, 4) is 0 Å². The first-order valence-corrected chi connectivity index (χ1v) is 5.06. The van der Waals surface area contributed by atoms with E-state index < -0.39 is 12.6 Å². The van der Waals surface area contributed by atoms with Gasteiger partial charge in [0.2, 0.25) is 0 Å². The predicted molar refractivity (Wildman–Crippen MR) is 55.9 cm³/mol. The van der Waals surface area contributed by atoms with E-state index in [0.717, 1.165) is 4.47 Å². The molecule has 0 atom stereocenters. The van der Waals surface area contributed by atoms with Crippen LogP contribution in [0.5, 0.6) is 0 Å². The molecule has 0 saturated heterocycles. The third-order valence-electron chi connectivity index (χ3n) is 1.86. The number of anilines is 1. The summed E-state index contributed by atoms with van der Waals surface area (Å²) in [6, 6.07) is 1.73. The topological polar surface area (TPSA) is 16.1 Å². The first kappa shape index (κ1) is 12.3. The fraction of sp³-hybridized carbons (Fsp3) is 0.444. The van der Waals surface area contributed by atoms with Crippen LogP contribution in [0.2, 0.25) is 0 Å². The second kappa shape index (κ2) is 4.83. The van der Waals surface area contributed by atoms with Gasteiger partial charge in [0.15, 0.2) is 0 Å². The van der Waals surface area contributed by atoms with E-state index in [1.807, 2.05) is 0 Å². The van der Waals surface area contributed by atoms with Crippen molar-refractivity contribution in [3.05, 3.63) is 22.9 Å². The molecule has 1 aromatic heterocycles. The van der Waals surface area contributed by atoms with E-state index in [1.54, 1.807) is 19.3 Å². The predicted octanol–water partition coefficient (Wildman–Crippen LogP) is 3.23. The highest BCUT2D eigenvalue weighted by Gasteiger charge is 2.27. The Morgan fingerprint density at radius 1 is 1.40 bits per heavy atom. The molecule has 0 saturated carbocycles. The molecule has 2 nitrogen and oxygen atoms in total. The molecule has 0 fully saturated rings. The lowest BCUT2D eigenvalue weighted by Crippen LogP contribution is -2.24. The molecule has 0 aliphatic carbocycles. The van der Waals surface area contributed by atoms with Gasteiger partial charge in [0.1, 0.15) is 0 Å². The van der Waals surface area contributed by atoms with Crippen molar-refractivity contribution in [3.63, 3.8) is 0 Å². The van der Waals surface area contributed by atoms with Gasteiger partial charge in [0, 0.05) is 24.3 Å². The Bertz CT molecular complexity index is 327. The minimum atomic E-state index is -4.12. The van der Waals surface area contributed by atoms with E-state index in [9.17, 15) is 13.2 Å². The van der Waals surface area contributed by atoms with Crippen molar-refractivity contribution in [1.29, 1.82) is 0 Å². The van der Waals surface area contributed by atoms with Gasteiger partial charge in [-0.15, -0.1) is 0 Å². The number of alkyl halides is 3. The lowest BCUT2D eigenvalue weighted by atomic mass is 10.3. The SMILES string of the molecule is CN(CCC(F)(F)F)c1cncc(Br)c1. The van der Waals surface area contributed by atoms with E-state index in [0.29, 0.717) is 5.69 Å². The normalized spacial score (nSPS) is 11.5. The summed E-state index contributed by atoms with van der Waals surface area (Å²) >= 11 is 3.21. The number of hydrogen-bond acceptors (Lipinski definition) is 2. The summed E-state index contributed by atoms with van der Waals surface area (Å²) in [5.41, 5.74) is 0.661. The van der Waals surface area contributed by atoms with Crippen LogP contribution in [0.4, 0.5) is 18.9 Å². The molecule has 0 spiro atoms. The van der Waals surface area contributed by atoms with Gasteiger partial charge in [-0.25, -0.2) is 0 Å². The highest BCUT2D eigenvalue weighted by atomic mass is 79.9. The maximum atomic E-state index is 12.0. The third-order valence-corrected chi connectivity index (χ3v) is 2.30. The highest BCUT2D eigenvalue weighted by Crippen LogP contribution is 2.22. The number of halogens is 4. The van der Waals surface area contributed by atoms with Gasteiger partial charge in [-0.1, -0.05) is 0 Å². The van der Waals surface area contributed by atoms with Gasteiger partial charge in [0.25, 0.3) is 0 Å². The molecule has 0 aromatic carbocycles. The van der Waals surface area contributed by atoms with Crippen LogP contribution in [-0.2, 0) is 0 Å². The van der Waals surface area contributed by atoms with Crippen LogP contribution in [0.3, 0.4) is 0 Å². The second-order valence-corrected chi connectivity index (χ2v) is 4.06. The zero-order chi connectivity index (χ0) is 11.5. The molecule has 0 radical (unpaired) electrons. The van der Waals surface area contributed by atoms with Crippen molar-refractivity contribution in [2.75, 3.05) is 18.5 Å². The summed E-state index contributed by atoms with van der Waals surface area (Å²) in [6.07, 6.45) is -1.83. The van der Waals surface area contributed by atoms with E-state index in [-0.39, 0.29) is 6.54 Å². The Labute approximate surface area is 94.2 Å². The van der Waals surface area contributed by atoms with E-state index in [1.165, 1.54) is 11.1 Å². The molecule has 1 heterocycles. The number of hydrogen-bond donors (Lipinski definition) is 0. The molecule has 15 heavy (non-hydrogen) atoms. The monoisotopic (exact) mass is 282 g/mol. The first-order valence-electron chi connectivity index (χ1n) is 4.27. The van der Waals surface area contributed by atoms with E-state index in [2.05, 4.69) is 20.9 Å². The summed E-state index contributed by atoms with van der Waals surface area (Å²) in [6.45, 7) is -0.0678. The van der Waals surface area contributed by atoms with Crippen LogP contribution in [-0.4, -0.2) is 24.8 Å². The van der Waals surface area contributed by atoms with E-state index in [4.69, 9.17) is 0 Å². The fourth-order valence-electron chi connectivity index (χ4n) is 1.03. The van der Waals surface area contributed by atoms with Gasteiger partial charge in [-0.3, -0.25) is 4.98 Å². The van der Waals surface area contributed by atoms with Crippen LogP contribution < -0.4 is 4.90 Å². The van der Waals surface area contributed by atoms with Gasteiger partial charge < -0.3 is 4.90 Å². The summed E-state index contributed by atoms with van der Waals surface area (Å²) < 4.78 is 36.6. The number of pyridine rings is 1. The quantitative estimate of drug-likeness (QED) is 0.846. The second-order valence-electron chi connectivity index (χ2n) is 3.15. The summed E-state index contributed by atoms with van der Waals surface area (Å²) in [4.78, 5) is 5.40. The third kappa shape index (κ3) is 4.51. The Hall–Kier alpha value is -0.780. The molecule has 1 aromatic rings. The molecule has 6 heteroatoms. The van der Waals surface area contributed by atoms with Crippen LogP contribution in [0.25, 0.3) is 0 Å². The number of rotatable bonds is 3. The molecular formula is C9H10BrF3N2. The molecule has 0 bridgehead atoms. The lowest BCUT2D eigenvalue weighted by molar-refractivity contribution is -0.132. The molecule has 0 unspecified atom stereocenters. The number of nitrogens with zero attached hydrogens (tertiary/aromatic N) is 2. The average molecular weight is 283 g/mol. The molecular weight excluding hydrogens is 273 g/mol.